The molecule has 0 saturated carbocycles. The van der Waals surface area contributed by atoms with Gasteiger partial charge in [-0.2, -0.15) is 0 Å². The van der Waals surface area contributed by atoms with Gasteiger partial charge in [0.1, 0.15) is 0 Å². The maximum absolute atomic E-state index is 6.31. The molecule has 2 nitrogen and oxygen atoms in total. The minimum atomic E-state index is -2.06. The molecule has 0 heterocycles. The van der Waals surface area contributed by atoms with Crippen LogP contribution in [0.2, 0.25) is 17.1 Å². The van der Waals surface area contributed by atoms with Crippen molar-refractivity contribution in [3.8, 4) is 0 Å². The van der Waals surface area contributed by atoms with Crippen LogP contribution in [-0.2, 0) is 15.5 Å². The Morgan fingerprint density at radius 3 is 1.88 bits per heavy atom. The van der Waals surface area contributed by atoms with E-state index in [0.29, 0.717) is 6.61 Å². The summed E-state index contributed by atoms with van der Waals surface area (Å²) < 4.78 is 12.6. The van der Waals surface area contributed by atoms with Crippen LogP contribution in [0.25, 0.3) is 0 Å². The average Bonchev–Trinajstić information content (AvgIpc) is 2.64. The molecule has 0 aliphatic rings. The maximum atomic E-state index is 6.31. The van der Waals surface area contributed by atoms with Gasteiger partial charge in [-0.3, -0.25) is 0 Å². The third-order valence-corrected chi connectivity index (χ3v) is 8.66. The van der Waals surface area contributed by atoms with Crippen LogP contribution < -0.4 is 0 Å². The van der Waals surface area contributed by atoms with Crippen molar-refractivity contribution in [2.45, 2.75) is 90.8 Å². The Labute approximate surface area is 161 Å². The zero-order valence-corrected chi connectivity index (χ0v) is 18.2. The minimum absolute atomic E-state index is 0.627. The fourth-order valence-electron chi connectivity index (χ4n) is 2.99. The first kappa shape index (κ1) is 22.7. The largest absolute Gasteiger partial charge is 0.394 e. The highest BCUT2D eigenvalue weighted by atomic mass is 35.5. The molecule has 0 spiro atoms. The molecule has 1 aromatic rings. The lowest BCUT2D eigenvalue weighted by molar-refractivity contribution is 0.158. The summed E-state index contributed by atoms with van der Waals surface area (Å²) in [6.45, 7) is 8.15. The van der Waals surface area contributed by atoms with Gasteiger partial charge in [-0.15, -0.1) is 0 Å². The van der Waals surface area contributed by atoms with Gasteiger partial charge in [0.2, 0.25) is 0 Å². The van der Waals surface area contributed by atoms with Crippen LogP contribution in [0.3, 0.4) is 0 Å². The fraction of sp³-hybridized carbons (Fsp3) is 0.714. The molecule has 0 saturated heterocycles. The van der Waals surface area contributed by atoms with Crippen LogP contribution in [0.4, 0.5) is 0 Å². The van der Waals surface area contributed by atoms with E-state index in [2.05, 4.69) is 20.8 Å². The Morgan fingerprint density at radius 2 is 1.32 bits per heavy atom. The molecule has 0 aromatic heterocycles. The van der Waals surface area contributed by atoms with Gasteiger partial charge >= 0.3 is 8.56 Å². The SMILES string of the molecule is CCCCCCCCCCO[Si](CC)(CC)OCc1ccc(Cl)cc1. The van der Waals surface area contributed by atoms with Crippen molar-refractivity contribution in [3.05, 3.63) is 34.9 Å². The Hall–Kier alpha value is -0.353. The highest BCUT2D eigenvalue weighted by Gasteiger charge is 2.33. The summed E-state index contributed by atoms with van der Waals surface area (Å²) in [6, 6.07) is 9.92. The molecule has 4 heteroatoms. The summed E-state index contributed by atoms with van der Waals surface area (Å²) in [6.07, 6.45) is 10.6. The second-order valence-electron chi connectivity index (χ2n) is 6.86. The van der Waals surface area contributed by atoms with E-state index in [9.17, 15) is 0 Å². The van der Waals surface area contributed by atoms with Crippen molar-refractivity contribution in [3.63, 3.8) is 0 Å². The molecule has 0 N–H and O–H groups in total. The topological polar surface area (TPSA) is 18.5 Å². The van der Waals surface area contributed by atoms with Gasteiger partial charge in [0, 0.05) is 11.6 Å². The number of halogens is 1. The molecule has 0 amide bonds. The van der Waals surface area contributed by atoms with E-state index in [-0.39, 0.29) is 0 Å². The molecule has 1 rings (SSSR count). The first-order valence-electron chi connectivity index (χ1n) is 10.2. The molecule has 0 aliphatic heterocycles. The minimum Gasteiger partial charge on any atom is -0.394 e. The van der Waals surface area contributed by atoms with E-state index in [1.54, 1.807) is 0 Å². The first-order chi connectivity index (χ1) is 12.2. The normalized spacial score (nSPS) is 11.8. The van der Waals surface area contributed by atoms with E-state index in [1.807, 2.05) is 24.3 Å². The Bertz CT molecular complexity index is 432. The number of benzene rings is 1. The van der Waals surface area contributed by atoms with Crippen molar-refractivity contribution in [1.82, 2.24) is 0 Å². The molecule has 0 radical (unpaired) electrons. The standard InChI is InChI=1S/C21H37ClO2Si/c1-4-7-8-9-10-11-12-13-18-23-25(5-2,6-3)24-19-20-14-16-21(22)17-15-20/h14-17H,4-13,18-19H2,1-3H3. The van der Waals surface area contributed by atoms with E-state index >= 15 is 0 Å². The van der Waals surface area contributed by atoms with Crippen molar-refractivity contribution < 1.29 is 8.85 Å². The summed E-state index contributed by atoms with van der Waals surface area (Å²) >= 11 is 5.94. The second-order valence-corrected chi connectivity index (χ2v) is 11.1. The van der Waals surface area contributed by atoms with Crippen LogP contribution >= 0.6 is 11.6 Å². The zero-order valence-electron chi connectivity index (χ0n) is 16.5. The van der Waals surface area contributed by atoms with E-state index in [4.69, 9.17) is 20.5 Å². The smallest absolute Gasteiger partial charge is 0.337 e. The van der Waals surface area contributed by atoms with E-state index in [0.717, 1.165) is 30.1 Å². The van der Waals surface area contributed by atoms with Gasteiger partial charge in [-0.25, -0.2) is 0 Å². The number of unbranched alkanes of at least 4 members (excludes halogenated alkanes) is 7. The number of hydrogen-bond donors (Lipinski definition) is 0. The van der Waals surface area contributed by atoms with Gasteiger partial charge in [-0.1, -0.05) is 89.5 Å². The van der Waals surface area contributed by atoms with Crippen LogP contribution in [0, 0.1) is 0 Å². The van der Waals surface area contributed by atoms with Gasteiger partial charge in [-0.05, 0) is 36.2 Å². The van der Waals surface area contributed by atoms with Gasteiger partial charge < -0.3 is 8.85 Å². The van der Waals surface area contributed by atoms with Gasteiger partial charge in [0.05, 0.1) is 6.61 Å². The molecular formula is C21H37ClO2Si. The molecule has 0 bridgehead atoms. The number of hydrogen-bond acceptors (Lipinski definition) is 2. The Morgan fingerprint density at radius 1 is 0.760 bits per heavy atom. The lowest BCUT2D eigenvalue weighted by atomic mass is 10.1. The van der Waals surface area contributed by atoms with Crippen molar-refractivity contribution >= 4 is 20.2 Å². The van der Waals surface area contributed by atoms with Crippen LogP contribution in [0.5, 0.6) is 0 Å². The molecule has 0 unspecified atom stereocenters. The van der Waals surface area contributed by atoms with Crippen molar-refractivity contribution in [2.24, 2.45) is 0 Å². The predicted octanol–water partition coefficient (Wildman–Crippen LogP) is 7.50. The molecule has 1 aromatic carbocycles. The zero-order chi connectivity index (χ0) is 18.4. The third kappa shape index (κ3) is 9.79. The Kier molecular flexibility index (Phi) is 12.5. The first-order valence-corrected chi connectivity index (χ1v) is 12.8. The summed E-state index contributed by atoms with van der Waals surface area (Å²) in [7, 11) is -2.06. The third-order valence-electron chi connectivity index (χ3n) is 4.86. The lowest BCUT2D eigenvalue weighted by Crippen LogP contribution is -2.40. The fourth-order valence-corrected chi connectivity index (χ4v) is 5.46. The van der Waals surface area contributed by atoms with E-state index < -0.39 is 8.56 Å². The summed E-state index contributed by atoms with van der Waals surface area (Å²) in [5.74, 6) is 0. The van der Waals surface area contributed by atoms with Crippen molar-refractivity contribution in [2.75, 3.05) is 6.61 Å². The molecule has 0 atom stereocenters. The highest BCUT2D eigenvalue weighted by Crippen LogP contribution is 2.22. The predicted molar refractivity (Wildman–Crippen MR) is 112 cm³/mol. The van der Waals surface area contributed by atoms with Crippen LogP contribution in [0.1, 0.15) is 77.7 Å². The monoisotopic (exact) mass is 384 g/mol. The average molecular weight is 385 g/mol. The maximum Gasteiger partial charge on any atom is 0.337 e. The van der Waals surface area contributed by atoms with E-state index in [1.165, 1.54) is 50.5 Å². The highest BCUT2D eigenvalue weighted by molar-refractivity contribution is 6.67. The molecular weight excluding hydrogens is 348 g/mol. The van der Waals surface area contributed by atoms with Gasteiger partial charge in [0.25, 0.3) is 0 Å². The summed E-state index contributed by atoms with van der Waals surface area (Å²) in [4.78, 5) is 0. The molecule has 0 fully saturated rings. The summed E-state index contributed by atoms with van der Waals surface area (Å²) in [5, 5.41) is 0.768. The quantitative estimate of drug-likeness (QED) is 0.230. The van der Waals surface area contributed by atoms with Gasteiger partial charge in [0.15, 0.2) is 0 Å². The van der Waals surface area contributed by atoms with Crippen LogP contribution in [-0.4, -0.2) is 15.2 Å². The van der Waals surface area contributed by atoms with Crippen LogP contribution in [0.15, 0.2) is 24.3 Å². The molecule has 144 valence electrons. The molecule has 25 heavy (non-hydrogen) atoms. The van der Waals surface area contributed by atoms with Crippen molar-refractivity contribution in [1.29, 1.82) is 0 Å². The lowest BCUT2D eigenvalue weighted by Gasteiger charge is -2.29. The second kappa shape index (κ2) is 13.8. The molecule has 0 aliphatic carbocycles. The Balaban J connectivity index is 2.24. The summed E-state index contributed by atoms with van der Waals surface area (Å²) in [5.41, 5.74) is 1.17. The number of rotatable bonds is 15.